The van der Waals surface area contributed by atoms with E-state index < -0.39 is 0 Å². The van der Waals surface area contributed by atoms with Crippen molar-refractivity contribution in [2.24, 2.45) is 11.8 Å². The predicted octanol–water partition coefficient (Wildman–Crippen LogP) is 4.76. The molecule has 26 heavy (non-hydrogen) atoms. The van der Waals surface area contributed by atoms with Gasteiger partial charge in [0.15, 0.2) is 23.0 Å². The van der Waals surface area contributed by atoms with E-state index in [1.54, 1.807) is 18.2 Å². The Morgan fingerprint density at radius 2 is 1.73 bits per heavy atom. The second-order valence-corrected chi connectivity index (χ2v) is 7.91. The third-order valence-corrected chi connectivity index (χ3v) is 5.78. The molecular formula is C22H24O4. The highest BCUT2D eigenvalue weighted by Crippen LogP contribution is 2.53. The Kier molecular flexibility index (Phi) is 3.87. The summed E-state index contributed by atoms with van der Waals surface area (Å²) < 4.78 is 0. The van der Waals surface area contributed by atoms with Crippen molar-refractivity contribution >= 4 is 11.6 Å². The van der Waals surface area contributed by atoms with Gasteiger partial charge in [-0.3, -0.25) is 0 Å². The standard InChI is InChI=1S/C22H24O4/c1-11(2)7-17-14-3-4-15-13(5-6-19(23)22(15)26)18(14)8-12-9-20(24)21(25)10-16(12)17/h5-6,8-11,14,17,23-26H,3-4,7H2,1-2H3. The van der Waals surface area contributed by atoms with E-state index >= 15 is 0 Å². The zero-order chi connectivity index (χ0) is 18.6. The van der Waals surface area contributed by atoms with Gasteiger partial charge in [0, 0.05) is 5.56 Å². The van der Waals surface area contributed by atoms with Gasteiger partial charge in [0.2, 0.25) is 0 Å². The Labute approximate surface area is 153 Å². The molecular weight excluding hydrogens is 328 g/mol. The summed E-state index contributed by atoms with van der Waals surface area (Å²) in [6.07, 6.45) is 4.64. The maximum atomic E-state index is 10.3. The van der Waals surface area contributed by atoms with Crippen LogP contribution in [-0.2, 0) is 6.42 Å². The number of phenols is 4. The molecule has 2 unspecified atom stereocenters. The zero-order valence-corrected chi connectivity index (χ0v) is 15.0. The van der Waals surface area contributed by atoms with Crippen LogP contribution >= 0.6 is 0 Å². The third kappa shape index (κ3) is 2.52. The first-order valence-corrected chi connectivity index (χ1v) is 9.18. The van der Waals surface area contributed by atoms with E-state index in [9.17, 15) is 20.4 Å². The zero-order valence-electron chi connectivity index (χ0n) is 15.0. The number of hydrogen-bond acceptors (Lipinski definition) is 4. The van der Waals surface area contributed by atoms with Gasteiger partial charge in [0.25, 0.3) is 0 Å². The van der Waals surface area contributed by atoms with E-state index in [0.717, 1.165) is 40.7 Å². The van der Waals surface area contributed by atoms with Gasteiger partial charge in [-0.05, 0) is 77.5 Å². The van der Waals surface area contributed by atoms with Crippen molar-refractivity contribution in [3.63, 3.8) is 0 Å². The molecule has 2 aromatic rings. The number of fused-ring (bicyclic) bond motifs is 4. The lowest BCUT2D eigenvalue weighted by molar-refractivity contribution is 0.376. The average Bonchev–Trinajstić information content (AvgIpc) is 2.59. The fraction of sp³-hybridized carbons (Fsp3) is 0.364. The summed E-state index contributed by atoms with van der Waals surface area (Å²) in [4.78, 5) is 0. The van der Waals surface area contributed by atoms with Gasteiger partial charge in [-0.1, -0.05) is 26.0 Å². The van der Waals surface area contributed by atoms with E-state index in [0.29, 0.717) is 18.3 Å². The van der Waals surface area contributed by atoms with E-state index in [1.165, 1.54) is 0 Å². The van der Waals surface area contributed by atoms with Gasteiger partial charge < -0.3 is 20.4 Å². The lowest BCUT2D eigenvalue weighted by Gasteiger charge is -2.39. The first-order valence-electron chi connectivity index (χ1n) is 9.18. The topological polar surface area (TPSA) is 80.9 Å². The molecule has 0 heterocycles. The molecule has 0 bridgehead atoms. The van der Waals surface area contributed by atoms with Crippen LogP contribution in [0, 0.1) is 11.8 Å². The summed E-state index contributed by atoms with van der Waals surface area (Å²) in [6, 6.07) is 6.74. The summed E-state index contributed by atoms with van der Waals surface area (Å²) in [7, 11) is 0. The van der Waals surface area contributed by atoms with Crippen molar-refractivity contribution in [3.8, 4) is 23.0 Å². The lowest BCUT2D eigenvalue weighted by atomic mass is 9.65. The molecule has 0 fully saturated rings. The molecule has 0 amide bonds. The van der Waals surface area contributed by atoms with E-state index in [2.05, 4.69) is 19.9 Å². The van der Waals surface area contributed by atoms with E-state index in [4.69, 9.17) is 0 Å². The van der Waals surface area contributed by atoms with Gasteiger partial charge in [-0.25, -0.2) is 0 Å². The Bertz CT molecular complexity index is 911. The summed E-state index contributed by atoms with van der Waals surface area (Å²) in [5, 5.41) is 40.1. The molecule has 0 spiro atoms. The van der Waals surface area contributed by atoms with Crippen molar-refractivity contribution in [2.75, 3.05) is 0 Å². The molecule has 4 rings (SSSR count). The second-order valence-electron chi connectivity index (χ2n) is 7.91. The fourth-order valence-electron chi connectivity index (χ4n) is 4.64. The minimum atomic E-state index is -0.119. The van der Waals surface area contributed by atoms with Crippen LogP contribution in [0.3, 0.4) is 0 Å². The minimum Gasteiger partial charge on any atom is -0.504 e. The smallest absolute Gasteiger partial charge is 0.161 e. The van der Waals surface area contributed by atoms with Crippen LogP contribution < -0.4 is 0 Å². The van der Waals surface area contributed by atoms with Crippen LogP contribution in [0.2, 0.25) is 0 Å². The third-order valence-electron chi connectivity index (χ3n) is 5.78. The highest BCUT2D eigenvalue weighted by atomic mass is 16.3. The molecule has 136 valence electrons. The van der Waals surface area contributed by atoms with Crippen molar-refractivity contribution in [1.82, 2.24) is 0 Å². The van der Waals surface area contributed by atoms with Crippen LogP contribution in [0.5, 0.6) is 23.0 Å². The van der Waals surface area contributed by atoms with E-state index in [-0.39, 0.29) is 28.9 Å². The summed E-state index contributed by atoms with van der Waals surface area (Å²) >= 11 is 0. The second kappa shape index (κ2) is 5.97. The van der Waals surface area contributed by atoms with Crippen molar-refractivity contribution in [2.45, 2.75) is 39.0 Å². The Morgan fingerprint density at radius 3 is 2.46 bits per heavy atom. The Hall–Kier alpha value is -2.62. The average molecular weight is 352 g/mol. The molecule has 2 aromatic carbocycles. The number of allylic oxidation sites excluding steroid dienone is 1. The number of rotatable bonds is 2. The monoisotopic (exact) mass is 352 g/mol. The molecule has 4 heteroatoms. The van der Waals surface area contributed by atoms with Crippen molar-refractivity contribution in [3.05, 3.63) is 46.5 Å². The van der Waals surface area contributed by atoms with Gasteiger partial charge >= 0.3 is 0 Å². The molecule has 2 aliphatic carbocycles. The number of phenolic OH excluding ortho intramolecular Hbond substituents is 4. The van der Waals surface area contributed by atoms with Crippen molar-refractivity contribution in [1.29, 1.82) is 0 Å². The molecule has 2 atom stereocenters. The van der Waals surface area contributed by atoms with Crippen LogP contribution in [0.1, 0.15) is 54.9 Å². The van der Waals surface area contributed by atoms with Crippen LogP contribution in [0.15, 0.2) is 24.3 Å². The van der Waals surface area contributed by atoms with Crippen LogP contribution in [-0.4, -0.2) is 20.4 Å². The first-order chi connectivity index (χ1) is 12.4. The summed E-state index contributed by atoms with van der Waals surface area (Å²) in [5.74, 6) is 0.741. The number of aromatic hydroxyl groups is 4. The molecule has 4 nitrogen and oxygen atoms in total. The molecule has 0 aliphatic heterocycles. The highest BCUT2D eigenvalue weighted by molar-refractivity contribution is 5.90. The number of benzene rings is 2. The first kappa shape index (κ1) is 16.8. The molecule has 4 N–H and O–H groups in total. The summed E-state index contributed by atoms with van der Waals surface area (Å²) in [6.45, 7) is 4.39. The molecule has 0 saturated carbocycles. The maximum absolute atomic E-state index is 10.3. The minimum absolute atomic E-state index is 0.0263. The van der Waals surface area contributed by atoms with Crippen molar-refractivity contribution < 1.29 is 20.4 Å². The summed E-state index contributed by atoms with van der Waals surface area (Å²) in [5.41, 5.74) is 4.90. The quantitative estimate of drug-likeness (QED) is 0.588. The Morgan fingerprint density at radius 1 is 1.00 bits per heavy atom. The molecule has 2 aliphatic rings. The lowest BCUT2D eigenvalue weighted by Crippen LogP contribution is -2.25. The van der Waals surface area contributed by atoms with Crippen LogP contribution in [0.4, 0.5) is 0 Å². The van der Waals surface area contributed by atoms with Crippen LogP contribution in [0.25, 0.3) is 11.6 Å². The maximum Gasteiger partial charge on any atom is 0.161 e. The fourth-order valence-corrected chi connectivity index (χ4v) is 4.64. The largest absolute Gasteiger partial charge is 0.504 e. The van der Waals surface area contributed by atoms with E-state index in [1.807, 2.05) is 6.07 Å². The molecule has 0 radical (unpaired) electrons. The predicted molar refractivity (Wildman–Crippen MR) is 101 cm³/mol. The highest BCUT2D eigenvalue weighted by Gasteiger charge is 2.37. The SMILES string of the molecule is CC(C)CC1c2cc(O)c(O)cc2C=C2c3ccc(O)c(O)c3CCC21. The molecule has 0 saturated heterocycles. The van der Waals surface area contributed by atoms with Gasteiger partial charge in [-0.2, -0.15) is 0 Å². The van der Waals surface area contributed by atoms with Gasteiger partial charge in [0.05, 0.1) is 0 Å². The van der Waals surface area contributed by atoms with Gasteiger partial charge in [-0.15, -0.1) is 0 Å². The molecule has 0 aromatic heterocycles. The van der Waals surface area contributed by atoms with Gasteiger partial charge in [0.1, 0.15) is 0 Å². The number of hydrogen-bond donors (Lipinski definition) is 4. The Balaban J connectivity index is 1.92. The normalized spacial score (nSPS) is 21.0.